The zero-order valence-corrected chi connectivity index (χ0v) is 9.74. The first-order valence-corrected chi connectivity index (χ1v) is 5.52. The van der Waals surface area contributed by atoms with Crippen molar-refractivity contribution in [3.05, 3.63) is 24.3 Å². The molecule has 0 aliphatic heterocycles. The minimum Gasteiger partial charge on any atom is -0.423 e. The lowest BCUT2D eigenvalue weighted by Gasteiger charge is -2.16. The Morgan fingerprint density at radius 3 is 2.47 bits per heavy atom. The average Bonchev–Trinajstić information content (AvgIpc) is 2.35. The number of hydroxylamine groups is 1. The summed E-state index contributed by atoms with van der Waals surface area (Å²) in [5.74, 6) is 0. The van der Waals surface area contributed by atoms with Crippen LogP contribution in [0.1, 0.15) is 19.8 Å². The van der Waals surface area contributed by atoms with Crippen molar-refractivity contribution >= 4 is 24.7 Å². The van der Waals surface area contributed by atoms with E-state index < -0.39 is 7.12 Å². The van der Waals surface area contributed by atoms with E-state index in [1.54, 1.807) is 12.1 Å². The molecule has 17 heavy (non-hydrogen) atoms. The maximum absolute atomic E-state index is 10.8. The molecular formula is C11H16BNO4. The van der Waals surface area contributed by atoms with Gasteiger partial charge in [0.1, 0.15) is 0 Å². The zero-order valence-electron chi connectivity index (χ0n) is 9.74. The summed E-state index contributed by atoms with van der Waals surface area (Å²) in [5.41, 5.74) is 0.925. The topological polar surface area (TPSA) is 70.0 Å². The highest BCUT2D eigenvalue weighted by molar-refractivity contribution is 6.58. The van der Waals surface area contributed by atoms with E-state index in [-0.39, 0.29) is 0 Å². The van der Waals surface area contributed by atoms with Gasteiger partial charge in [0.2, 0.25) is 6.41 Å². The molecule has 6 heteroatoms. The molecule has 0 spiro atoms. The van der Waals surface area contributed by atoms with Crippen molar-refractivity contribution in [1.29, 1.82) is 0 Å². The number of rotatable bonds is 7. The normalized spacial score (nSPS) is 10.1. The van der Waals surface area contributed by atoms with Gasteiger partial charge in [-0.05, 0) is 24.0 Å². The van der Waals surface area contributed by atoms with E-state index in [1.165, 1.54) is 12.1 Å². The minimum absolute atomic E-state index is 0.369. The SMILES string of the molecule is CCCCON(C=O)c1ccc(B(O)O)cc1. The Bertz CT molecular complexity index is 342. The fourth-order valence-electron chi connectivity index (χ4n) is 1.27. The summed E-state index contributed by atoms with van der Waals surface area (Å²) in [4.78, 5) is 16.1. The maximum atomic E-state index is 10.8. The van der Waals surface area contributed by atoms with Gasteiger partial charge in [-0.1, -0.05) is 25.5 Å². The summed E-state index contributed by atoms with van der Waals surface area (Å²) in [7, 11) is -1.50. The summed E-state index contributed by atoms with van der Waals surface area (Å²) < 4.78 is 0. The Morgan fingerprint density at radius 1 is 1.35 bits per heavy atom. The first kappa shape index (κ1) is 13.7. The largest absolute Gasteiger partial charge is 0.488 e. The highest BCUT2D eigenvalue weighted by Crippen LogP contribution is 2.11. The molecule has 0 aliphatic rings. The fraction of sp³-hybridized carbons (Fsp3) is 0.364. The lowest BCUT2D eigenvalue weighted by Crippen LogP contribution is -2.30. The molecule has 0 fully saturated rings. The molecule has 0 saturated carbocycles. The first-order valence-electron chi connectivity index (χ1n) is 5.52. The highest BCUT2D eigenvalue weighted by Gasteiger charge is 2.11. The Labute approximate surface area is 101 Å². The molecule has 0 unspecified atom stereocenters. The van der Waals surface area contributed by atoms with Gasteiger partial charge in [0.05, 0.1) is 12.3 Å². The standard InChI is InChI=1S/C11H16BNO4/c1-2-3-8-17-13(9-14)11-6-4-10(5-7-11)12(15)16/h4-7,9,15-16H,2-3,8H2,1H3. The molecule has 1 aromatic rings. The van der Waals surface area contributed by atoms with Gasteiger partial charge in [-0.15, -0.1) is 0 Å². The lowest BCUT2D eigenvalue weighted by molar-refractivity contribution is -0.114. The molecule has 1 amide bonds. The molecule has 1 aromatic carbocycles. The first-order chi connectivity index (χ1) is 8.19. The van der Waals surface area contributed by atoms with Gasteiger partial charge in [-0.3, -0.25) is 9.63 Å². The van der Waals surface area contributed by atoms with Crippen molar-refractivity contribution in [3.63, 3.8) is 0 Å². The summed E-state index contributed by atoms with van der Waals surface area (Å²) >= 11 is 0. The van der Waals surface area contributed by atoms with E-state index in [9.17, 15) is 4.79 Å². The van der Waals surface area contributed by atoms with Crippen LogP contribution in [0.15, 0.2) is 24.3 Å². The second kappa shape index (κ2) is 7.06. The highest BCUT2D eigenvalue weighted by atomic mass is 16.7. The quantitative estimate of drug-likeness (QED) is 0.304. The molecule has 0 atom stereocenters. The van der Waals surface area contributed by atoms with Crippen LogP contribution in [0.2, 0.25) is 0 Å². The van der Waals surface area contributed by atoms with Gasteiger partial charge in [0.25, 0.3) is 0 Å². The zero-order chi connectivity index (χ0) is 12.7. The van der Waals surface area contributed by atoms with Crippen molar-refractivity contribution in [3.8, 4) is 0 Å². The third-order valence-electron chi connectivity index (χ3n) is 2.27. The molecule has 0 saturated heterocycles. The molecule has 1 rings (SSSR count). The molecular weight excluding hydrogens is 221 g/mol. The number of unbranched alkanes of at least 4 members (excludes halogenated alkanes) is 1. The molecule has 0 aromatic heterocycles. The number of anilines is 1. The fourth-order valence-corrected chi connectivity index (χ4v) is 1.27. The van der Waals surface area contributed by atoms with Crippen molar-refractivity contribution < 1.29 is 19.7 Å². The van der Waals surface area contributed by atoms with Crippen LogP contribution in [0.4, 0.5) is 5.69 Å². The Kier molecular flexibility index (Phi) is 5.69. The van der Waals surface area contributed by atoms with Gasteiger partial charge in [0.15, 0.2) is 0 Å². The Balaban J connectivity index is 2.65. The molecule has 0 aliphatic carbocycles. The van der Waals surface area contributed by atoms with Gasteiger partial charge in [0, 0.05) is 0 Å². The number of nitrogens with zero attached hydrogens (tertiary/aromatic N) is 1. The maximum Gasteiger partial charge on any atom is 0.488 e. The minimum atomic E-state index is -1.50. The van der Waals surface area contributed by atoms with Crippen LogP contribution >= 0.6 is 0 Å². The summed E-state index contributed by atoms with van der Waals surface area (Å²) in [6.07, 6.45) is 2.44. The monoisotopic (exact) mass is 237 g/mol. The van der Waals surface area contributed by atoms with Crippen molar-refractivity contribution in [2.75, 3.05) is 11.7 Å². The molecule has 92 valence electrons. The number of benzene rings is 1. The van der Waals surface area contributed by atoms with E-state index in [0.29, 0.717) is 24.2 Å². The third-order valence-corrected chi connectivity index (χ3v) is 2.27. The number of hydrogen-bond donors (Lipinski definition) is 2. The molecule has 2 N–H and O–H groups in total. The predicted molar refractivity (Wildman–Crippen MR) is 65.7 cm³/mol. The van der Waals surface area contributed by atoms with Crippen LogP contribution < -0.4 is 10.5 Å². The predicted octanol–water partition coefficient (Wildman–Crippen LogP) is 0.0609. The number of carbonyl (C=O) groups is 1. The van der Waals surface area contributed by atoms with Crippen molar-refractivity contribution in [2.24, 2.45) is 0 Å². The Morgan fingerprint density at radius 2 is 2.00 bits per heavy atom. The summed E-state index contributed by atoms with van der Waals surface area (Å²) in [6.45, 7) is 2.51. The molecule has 0 radical (unpaired) electrons. The lowest BCUT2D eigenvalue weighted by atomic mass is 9.80. The average molecular weight is 237 g/mol. The van der Waals surface area contributed by atoms with E-state index in [1.807, 2.05) is 6.92 Å². The van der Waals surface area contributed by atoms with Crippen LogP contribution in [-0.2, 0) is 9.63 Å². The van der Waals surface area contributed by atoms with E-state index in [4.69, 9.17) is 14.9 Å². The van der Waals surface area contributed by atoms with Gasteiger partial charge >= 0.3 is 7.12 Å². The van der Waals surface area contributed by atoms with Crippen LogP contribution in [0.5, 0.6) is 0 Å². The second-order valence-corrected chi connectivity index (χ2v) is 3.58. The van der Waals surface area contributed by atoms with Gasteiger partial charge < -0.3 is 10.0 Å². The second-order valence-electron chi connectivity index (χ2n) is 3.58. The summed E-state index contributed by atoms with van der Waals surface area (Å²) in [6, 6.07) is 6.24. The van der Waals surface area contributed by atoms with Gasteiger partial charge in [-0.25, -0.2) is 0 Å². The van der Waals surface area contributed by atoms with E-state index in [2.05, 4.69) is 0 Å². The molecule has 0 bridgehead atoms. The van der Waals surface area contributed by atoms with Crippen molar-refractivity contribution in [2.45, 2.75) is 19.8 Å². The summed E-state index contributed by atoms with van der Waals surface area (Å²) in [5, 5.41) is 19.0. The Hall–Kier alpha value is -1.37. The third kappa shape index (κ3) is 4.18. The molecule has 5 nitrogen and oxygen atoms in total. The van der Waals surface area contributed by atoms with Crippen LogP contribution in [0.3, 0.4) is 0 Å². The van der Waals surface area contributed by atoms with Crippen molar-refractivity contribution in [1.82, 2.24) is 0 Å². The number of carbonyl (C=O) groups excluding carboxylic acids is 1. The number of amides is 1. The van der Waals surface area contributed by atoms with Crippen LogP contribution in [0, 0.1) is 0 Å². The molecule has 0 heterocycles. The van der Waals surface area contributed by atoms with E-state index in [0.717, 1.165) is 17.9 Å². The van der Waals surface area contributed by atoms with Crippen LogP contribution in [0.25, 0.3) is 0 Å². The smallest absolute Gasteiger partial charge is 0.423 e. The van der Waals surface area contributed by atoms with Gasteiger partial charge in [-0.2, -0.15) is 5.06 Å². The van der Waals surface area contributed by atoms with Crippen LogP contribution in [-0.4, -0.2) is 30.2 Å². The number of hydrogen-bond acceptors (Lipinski definition) is 4. The van der Waals surface area contributed by atoms with E-state index >= 15 is 0 Å².